The molecule has 7 heteroatoms. The molecule has 1 fully saturated rings. The van der Waals surface area contributed by atoms with Crippen LogP contribution in [0.4, 0.5) is 4.39 Å². The monoisotopic (exact) mass is 314 g/mol. The van der Waals surface area contributed by atoms with Crippen molar-refractivity contribution in [1.82, 2.24) is 10.2 Å². The van der Waals surface area contributed by atoms with Crippen LogP contribution in [0.25, 0.3) is 0 Å². The van der Waals surface area contributed by atoms with Crippen molar-refractivity contribution in [2.24, 2.45) is 0 Å². The quantitative estimate of drug-likeness (QED) is 0.915. The van der Waals surface area contributed by atoms with Gasteiger partial charge in [0.15, 0.2) is 0 Å². The second-order valence-electron chi connectivity index (χ2n) is 4.62. The largest absolute Gasteiger partial charge is 0.378 e. The second kappa shape index (κ2) is 7.38. The molecule has 0 unspecified atom stereocenters. The fourth-order valence-electron chi connectivity index (χ4n) is 2.02. The maximum atomic E-state index is 13.5. The summed E-state index contributed by atoms with van der Waals surface area (Å²) in [6.07, 6.45) is 0.175. The van der Waals surface area contributed by atoms with E-state index in [0.29, 0.717) is 26.3 Å². The first-order valence-electron chi connectivity index (χ1n) is 6.66. The molecule has 1 aliphatic rings. The van der Waals surface area contributed by atoms with Gasteiger partial charge in [0.1, 0.15) is 5.82 Å². The predicted molar refractivity (Wildman–Crippen MR) is 75.8 cm³/mol. The lowest BCUT2D eigenvalue weighted by Crippen LogP contribution is -2.42. The molecule has 1 N–H and O–H groups in total. The minimum atomic E-state index is -0.642. The van der Waals surface area contributed by atoms with Crippen LogP contribution < -0.4 is 5.32 Å². The van der Waals surface area contributed by atoms with E-state index in [4.69, 9.17) is 16.3 Å². The van der Waals surface area contributed by atoms with Gasteiger partial charge in [-0.2, -0.15) is 0 Å². The molecule has 0 aliphatic carbocycles. The van der Waals surface area contributed by atoms with Crippen LogP contribution >= 0.6 is 11.6 Å². The Balaban J connectivity index is 1.81. The summed E-state index contributed by atoms with van der Waals surface area (Å²) in [5.41, 5.74) is -0.124. The Labute approximate surface area is 127 Å². The van der Waals surface area contributed by atoms with Crippen LogP contribution in [0.1, 0.15) is 16.8 Å². The minimum absolute atomic E-state index is 0.0508. The van der Waals surface area contributed by atoms with Crippen LogP contribution in [0, 0.1) is 5.82 Å². The first-order valence-corrected chi connectivity index (χ1v) is 7.04. The van der Waals surface area contributed by atoms with Gasteiger partial charge in [-0.05, 0) is 18.2 Å². The van der Waals surface area contributed by atoms with Crippen molar-refractivity contribution in [3.63, 3.8) is 0 Å². The average molecular weight is 315 g/mol. The molecular formula is C14H16ClFN2O3. The number of carbonyl (C=O) groups is 2. The Hall–Kier alpha value is -1.66. The van der Waals surface area contributed by atoms with E-state index in [1.54, 1.807) is 4.90 Å². The van der Waals surface area contributed by atoms with Crippen LogP contribution in [-0.4, -0.2) is 49.6 Å². The highest BCUT2D eigenvalue weighted by molar-refractivity contribution is 6.31. The van der Waals surface area contributed by atoms with Gasteiger partial charge in [0.2, 0.25) is 5.91 Å². The van der Waals surface area contributed by atoms with E-state index in [0.717, 1.165) is 6.07 Å². The summed E-state index contributed by atoms with van der Waals surface area (Å²) in [4.78, 5) is 25.4. The fourth-order valence-corrected chi connectivity index (χ4v) is 2.19. The van der Waals surface area contributed by atoms with Crippen molar-refractivity contribution in [2.45, 2.75) is 6.42 Å². The molecule has 1 aromatic rings. The highest BCUT2D eigenvalue weighted by Gasteiger charge is 2.17. The van der Waals surface area contributed by atoms with Gasteiger partial charge in [-0.25, -0.2) is 4.39 Å². The normalized spacial score (nSPS) is 14.9. The van der Waals surface area contributed by atoms with Crippen LogP contribution in [0.3, 0.4) is 0 Å². The van der Waals surface area contributed by atoms with Gasteiger partial charge in [0.25, 0.3) is 5.91 Å². The molecule has 0 saturated carbocycles. The van der Waals surface area contributed by atoms with Crippen molar-refractivity contribution in [3.05, 3.63) is 34.6 Å². The number of ether oxygens (including phenoxy) is 1. The first-order chi connectivity index (χ1) is 10.1. The van der Waals surface area contributed by atoms with Crippen molar-refractivity contribution in [3.8, 4) is 0 Å². The molecule has 5 nitrogen and oxygen atoms in total. The Morgan fingerprint density at radius 1 is 1.33 bits per heavy atom. The average Bonchev–Trinajstić information content (AvgIpc) is 2.50. The summed E-state index contributed by atoms with van der Waals surface area (Å²) in [7, 11) is 0. The van der Waals surface area contributed by atoms with Crippen LogP contribution in [-0.2, 0) is 9.53 Å². The smallest absolute Gasteiger partial charge is 0.254 e. The molecule has 1 heterocycles. The molecule has 0 spiro atoms. The van der Waals surface area contributed by atoms with Gasteiger partial charge < -0.3 is 15.0 Å². The molecule has 2 amide bonds. The Morgan fingerprint density at radius 3 is 2.76 bits per heavy atom. The number of hydrogen-bond donors (Lipinski definition) is 1. The van der Waals surface area contributed by atoms with E-state index in [-0.39, 0.29) is 29.5 Å². The van der Waals surface area contributed by atoms with Gasteiger partial charge in [-0.3, -0.25) is 9.59 Å². The Bertz CT molecular complexity index is 533. The van der Waals surface area contributed by atoms with Crippen molar-refractivity contribution in [2.75, 3.05) is 32.8 Å². The molecule has 1 saturated heterocycles. The standard InChI is InChI=1S/C14H16ClFN2O3/c15-10-1-2-12(16)11(9-10)14(20)17-4-3-13(19)18-5-7-21-8-6-18/h1-2,9H,3-8H2,(H,17,20). The summed E-state index contributed by atoms with van der Waals surface area (Å²) >= 11 is 5.73. The number of halogens is 2. The molecule has 2 rings (SSSR count). The summed E-state index contributed by atoms with van der Waals surface area (Å²) in [6.45, 7) is 2.35. The number of rotatable bonds is 4. The summed E-state index contributed by atoms with van der Waals surface area (Å²) in [5, 5.41) is 2.80. The van der Waals surface area contributed by atoms with E-state index in [2.05, 4.69) is 5.32 Å². The second-order valence-corrected chi connectivity index (χ2v) is 5.06. The lowest BCUT2D eigenvalue weighted by molar-refractivity contribution is -0.135. The zero-order valence-corrected chi connectivity index (χ0v) is 12.2. The third-order valence-electron chi connectivity index (χ3n) is 3.16. The van der Waals surface area contributed by atoms with Gasteiger partial charge >= 0.3 is 0 Å². The van der Waals surface area contributed by atoms with Gasteiger partial charge in [0.05, 0.1) is 18.8 Å². The molecule has 0 bridgehead atoms. The molecule has 1 aliphatic heterocycles. The fraction of sp³-hybridized carbons (Fsp3) is 0.429. The highest BCUT2D eigenvalue weighted by atomic mass is 35.5. The molecule has 114 valence electrons. The number of nitrogens with zero attached hydrogens (tertiary/aromatic N) is 1. The molecule has 1 aromatic carbocycles. The number of nitrogens with one attached hydrogen (secondary N) is 1. The van der Waals surface area contributed by atoms with Crippen molar-refractivity contribution < 1.29 is 18.7 Å². The van der Waals surface area contributed by atoms with E-state index >= 15 is 0 Å². The first kappa shape index (κ1) is 15.7. The summed E-state index contributed by atoms with van der Waals surface area (Å²) in [6, 6.07) is 3.77. The van der Waals surface area contributed by atoms with Gasteiger partial charge in [-0.1, -0.05) is 11.6 Å². The lowest BCUT2D eigenvalue weighted by Gasteiger charge is -2.26. The maximum absolute atomic E-state index is 13.5. The third-order valence-corrected chi connectivity index (χ3v) is 3.40. The molecule has 0 atom stereocenters. The van der Waals surface area contributed by atoms with Crippen molar-refractivity contribution >= 4 is 23.4 Å². The zero-order valence-electron chi connectivity index (χ0n) is 11.4. The van der Waals surface area contributed by atoms with Crippen LogP contribution in [0.2, 0.25) is 5.02 Å². The predicted octanol–water partition coefficient (Wildman–Crippen LogP) is 1.46. The van der Waals surface area contributed by atoms with Crippen LogP contribution in [0.15, 0.2) is 18.2 Å². The third kappa shape index (κ3) is 4.41. The van der Waals surface area contributed by atoms with E-state index < -0.39 is 11.7 Å². The summed E-state index contributed by atoms with van der Waals surface area (Å²) < 4.78 is 18.6. The number of benzene rings is 1. The minimum Gasteiger partial charge on any atom is -0.378 e. The van der Waals surface area contributed by atoms with E-state index in [1.165, 1.54) is 12.1 Å². The number of carbonyl (C=O) groups excluding carboxylic acids is 2. The SMILES string of the molecule is O=C(NCCC(=O)N1CCOCC1)c1cc(Cl)ccc1F. The Kier molecular flexibility index (Phi) is 5.52. The van der Waals surface area contributed by atoms with Crippen LogP contribution in [0.5, 0.6) is 0 Å². The van der Waals surface area contributed by atoms with E-state index in [9.17, 15) is 14.0 Å². The molecular weight excluding hydrogens is 299 g/mol. The highest BCUT2D eigenvalue weighted by Crippen LogP contribution is 2.14. The summed E-state index contributed by atoms with van der Waals surface area (Å²) in [5.74, 6) is -1.27. The lowest BCUT2D eigenvalue weighted by atomic mass is 10.2. The molecule has 0 radical (unpaired) electrons. The molecule has 0 aromatic heterocycles. The number of morpholine rings is 1. The van der Waals surface area contributed by atoms with Gasteiger partial charge in [0, 0.05) is 31.1 Å². The topological polar surface area (TPSA) is 58.6 Å². The van der Waals surface area contributed by atoms with Crippen molar-refractivity contribution in [1.29, 1.82) is 0 Å². The number of amides is 2. The zero-order chi connectivity index (χ0) is 15.2. The van der Waals surface area contributed by atoms with E-state index in [1.807, 2.05) is 0 Å². The number of hydrogen-bond acceptors (Lipinski definition) is 3. The Morgan fingerprint density at radius 2 is 2.05 bits per heavy atom. The van der Waals surface area contributed by atoms with Gasteiger partial charge in [-0.15, -0.1) is 0 Å². The molecule has 21 heavy (non-hydrogen) atoms. The maximum Gasteiger partial charge on any atom is 0.254 e.